The fraction of sp³-hybridized carbons (Fsp3) is 0.278. The maximum absolute atomic E-state index is 13.9. The Morgan fingerprint density at radius 2 is 1.93 bits per heavy atom. The van der Waals surface area contributed by atoms with Crippen LogP contribution in [0.2, 0.25) is 0 Å². The van der Waals surface area contributed by atoms with Crippen molar-refractivity contribution in [1.29, 1.82) is 0 Å². The number of carboxylic acid groups (broad SMARTS) is 1. The molecule has 0 spiro atoms. The van der Waals surface area contributed by atoms with E-state index >= 15 is 0 Å². The maximum atomic E-state index is 13.9. The number of methoxy groups -OCH3 is 1. The van der Waals surface area contributed by atoms with Crippen molar-refractivity contribution in [3.63, 3.8) is 0 Å². The average Bonchev–Trinajstić information content (AvgIpc) is 2.62. The molecule has 146 valence electrons. The second kappa shape index (κ2) is 8.83. The van der Waals surface area contributed by atoms with Crippen LogP contribution in [0, 0.1) is 5.82 Å². The summed E-state index contributed by atoms with van der Waals surface area (Å²) in [6, 6.07) is 7.83. The lowest BCUT2D eigenvalue weighted by atomic mass is 10.1. The number of nitrogens with one attached hydrogen (secondary N) is 1. The number of hydrogen-bond acceptors (Lipinski definition) is 5. The number of benzene rings is 2. The predicted octanol–water partition coefficient (Wildman–Crippen LogP) is 2.45. The lowest BCUT2D eigenvalue weighted by molar-refractivity contribution is 0.0696. The molecule has 2 aromatic carbocycles. The largest absolute Gasteiger partial charge is 0.493 e. The topological polar surface area (TPSA) is 102 Å². The molecule has 2 rings (SSSR count). The molecule has 27 heavy (non-hydrogen) atoms. The second-order valence-electron chi connectivity index (χ2n) is 5.52. The van der Waals surface area contributed by atoms with Gasteiger partial charge >= 0.3 is 5.97 Å². The summed E-state index contributed by atoms with van der Waals surface area (Å²) in [4.78, 5) is 10.3. The van der Waals surface area contributed by atoms with Crippen LogP contribution in [0.5, 0.6) is 11.5 Å². The molecule has 0 amide bonds. The zero-order valence-corrected chi connectivity index (χ0v) is 15.7. The first kappa shape index (κ1) is 20.7. The van der Waals surface area contributed by atoms with Crippen LogP contribution in [-0.4, -0.2) is 39.8 Å². The molecule has 0 saturated carbocycles. The lowest BCUT2D eigenvalue weighted by Gasteiger charge is -2.12. The van der Waals surface area contributed by atoms with Gasteiger partial charge in [0.15, 0.2) is 11.5 Å². The van der Waals surface area contributed by atoms with E-state index in [1.807, 2.05) is 6.92 Å². The average molecular weight is 397 g/mol. The van der Waals surface area contributed by atoms with Crippen molar-refractivity contribution in [1.82, 2.24) is 4.72 Å². The first-order valence-electron chi connectivity index (χ1n) is 8.10. The number of ether oxygens (including phenoxy) is 2. The van der Waals surface area contributed by atoms with Gasteiger partial charge in [-0.05, 0) is 49.2 Å². The number of halogens is 1. The van der Waals surface area contributed by atoms with Crippen molar-refractivity contribution in [2.24, 2.45) is 0 Å². The summed E-state index contributed by atoms with van der Waals surface area (Å²) >= 11 is 0. The Balaban J connectivity index is 2.10. The lowest BCUT2D eigenvalue weighted by Crippen LogP contribution is -2.27. The van der Waals surface area contributed by atoms with Gasteiger partial charge in [0, 0.05) is 6.54 Å². The van der Waals surface area contributed by atoms with Crippen LogP contribution in [0.3, 0.4) is 0 Å². The van der Waals surface area contributed by atoms with Crippen LogP contribution in [0.25, 0.3) is 0 Å². The minimum Gasteiger partial charge on any atom is -0.493 e. The zero-order valence-electron chi connectivity index (χ0n) is 14.9. The van der Waals surface area contributed by atoms with Crippen LogP contribution in [0.15, 0.2) is 41.3 Å². The Labute approximate surface area is 156 Å². The third-order valence-electron chi connectivity index (χ3n) is 3.70. The number of rotatable bonds is 9. The standard InChI is InChI=1S/C18H20FNO6S/c1-3-26-15-7-4-12(10-16(15)25-2)8-9-20-27(23,24)17-11-13(18(21)22)5-6-14(17)19/h4-7,10-11,20H,3,8-9H2,1-2H3,(H,21,22). The van der Waals surface area contributed by atoms with Crippen LogP contribution < -0.4 is 14.2 Å². The van der Waals surface area contributed by atoms with E-state index in [1.54, 1.807) is 18.2 Å². The number of aromatic carboxylic acids is 1. The molecule has 7 nitrogen and oxygen atoms in total. The summed E-state index contributed by atoms with van der Waals surface area (Å²) in [6.45, 7) is 2.33. The molecule has 0 aromatic heterocycles. The van der Waals surface area contributed by atoms with Crippen molar-refractivity contribution in [2.45, 2.75) is 18.2 Å². The molecule has 9 heteroatoms. The third kappa shape index (κ3) is 5.18. The highest BCUT2D eigenvalue weighted by molar-refractivity contribution is 7.89. The van der Waals surface area contributed by atoms with Gasteiger partial charge in [0.1, 0.15) is 10.7 Å². The molecular weight excluding hydrogens is 377 g/mol. The Bertz CT molecular complexity index is 929. The van der Waals surface area contributed by atoms with Gasteiger partial charge in [-0.15, -0.1) is 0 Å². The maximum Gasteiger partial charge on any atom is 0.335 e. The fourth-order valence-corrected chi connectivity index (χ4v) is 3.53. The van der Waals surface area contributed by atoms with Gasteiger partial charge in [0.05, 0.1) is 19.3 Å². The summed E-state index contributed by atoms with van der Waals surface area (Å²) in [5, 5.41) is 8.94. The zero-order chi connectivity index (χ0) is 20.0. The highest BCUT2D eigenvalue weighted by Crippen LogP contribution is 2.28. The van der Waals surface area contributed by atoms with Gasteiger partial charge in [-0.1, -0.05) is 6.07 Å². The molecule has 0 aliphatic heterocycles. The minimum absolute atomic E-state index is 0.00376. The summed E-state index contributed by atoms with van der Waals surface area (Å²) in [6.07, 6.45) is 0.322. The predicted molar refractivity (Wildman–Crippen MR) is 96.4 cm³/mol. The SMILES string of the molecule is CCOc1ccc(CCNS(=O)(=O)c2cc(C(=O)O)ccc2F)cc1OC. The Hall–Kier alpha value is -2.65. The van der Waals surface area contributed by atoms with Crippen LogP contribution in [0.1, 0.15) is 22.8 Å². The van der Waals surface area contributed by atoms with Crippen molar-refractivity contribution < 1.29 is 32.2 Å². The molecule has 0 fully saturated rings. The van der Waals surface area contributed by atoms with Gasteiger partial charge in [-0.3, -0.25) is 0 Å². The van der Waals surface area contributed by atoms with Gasteiger partial charge in [0.2, 0.25) is 10.0 Å². The number of carbonyl (C=O) groups is 1. The van der Waals surface area contributed by atoms with E-state index in [-0.39, 0.29) is 12.1 Å². The molecular formula is C18H20FNO6S. The molecule has 0 aliphatic rings. The molecule has 0 aliphatic carbocycles. The van der Waals surface area contributed by atoms with Crippen LogP contribution in [0.4, 0.5) is 4.39 Å². The van der Waals surface area contributed by atoms with Gasteiger partial charge in [0.25, 0.3) is 0 Å². The minimum atomic E-state index is -4.19. The quantitative estimate of drug-likeness (QED) is 0.674. The Morgan fingerprint density at radius 3 is 2.56 bits per heavy atom. The molecule has 0 bridgehead atoms. The van der Waals surface area contributed by atoms with E-state index in [2.05, 4.69) is 4.72 Å². The summed E-state index contributed by atoms with van der Waals surface area (Å²) in [5.74, 6) is -1.25. The first-order valence-corrected chi connectivity index (χ1v) is 9.59. The van der Waals surface area contributed by atoms with Crippen LogP contribution >= 0.6 is 0 Å². The van der Waals surface area contributed by atoms with E-state index in [0.717, 1.165) is 23.8 Å². The van der Waals surface area contributed by atoms with Gasteiger partial charge < -0.3 is 14.6 Å². The Kier molecular flexibility index (Phi) is 6.75. The monoisotopic (exact) mass is 397 g/mol. The third-order valence-corrected chi connectivity index (χ3v) is 5.18. The van der Waals surface area contributed by atoms with Crippen molar-refractivity contribution in [3.05, 3.63) is 53.3 Å². The van der Waals surface area contributed by atoms with E-state index in [1.165, 1.54) is 7.11 Å². The molecule has 2 N–H and O–H groups in total. The number of carboxylic acids is 1. The van der Waals surface area contributed by atoms with E-state index in [0.29, 0.717) is 24.5 Å². The first-order chi connectivity index (χ1) is 12.8. The second-order valence-corrected chi connectivity index (χ2v) is 7.25. The Morgan fingerprint density at radius 1 is 1.19 bits per heavy atom. The van der Waals surface area contributed by atoms with Gasteiger partial charge in [-0.2, -0.15) is 0 Å². The van der Waals surface area contributed by atoms with E-state index in [4.69, 9.17) is 14.6 Å². The summed E-state index contributed by atoms with van der Waals surface area (Å²) in [5.41, 5.74) is 0.478. The van der Waals surface area contributed by atoms with E-state index in [9.17, 15) is 17.6 Å². The van der Waals surface area contributed by atoms with Crippen molar-refractivity contribution in [3.8, 4) is 11.5 Å². The number of sulfonamides is 1. The molecule has 0 heterocycles. The fourth-order valence-electron chi connectivity index (χ4n) is 2.39. The molecule has 0 unspecified atom stereocenters. The van der Waals surface area contributed by atoms with Crippen molar-refractivity contribution in [2.75, 3.05) is 20.3 Å². The summed E-state index contributed by atoms with van der Waals surface area (Å²) < 4.78 is 51.4. The molecule has 2 aromatic rings. The highest BCUT2D eigenvalue weighted by Gasteiger charge is 2.20. The smallest absolute Gasteiger partial charge is 0.335 e. The molecule has 0 atom stereocenters. The van der Waals surface area contributed by atoms with E-state index < -0.39 is 26.7 Å². The highest BCUT2D eigenvalue weighted by atomic mass is 32.2. The summed E-state index contributed by atoms with van der Waals surface area (Å²) in [7, 11) is -2.69. The van der Waals surface area contributed by atoms with Gasteiger partial charge in [-0.25, -0.2) is 22.3 Å². The molecule has 0 saturated heterocycles. The van der Waals surface area contributed by atoms with Crippen molar-refractivity contribution >= 4 is 16.0 Å². The van der Waals surface area contributed by atoms with Crippen LogP contribution in [-0.2, 0) is 16.4 Å². The normalized spacial score (nSPS) is 11.2. The molecule has 0 radical (unpaired) electrons. The number of hydrogen-bond donors (Lipinski definition) is 2.